The molecule has 1 atom stereocenters. The number of aliphatic hydroxyl groups excluding tert-OH is 1. The van der Waals surface area contributed by atoms with Gasteiger partial charge >= 0.3 is 0 Å². The van der Waals surface area contributed by atoms with Crippen molar-refractivity contribution in [2.24, 2.45) is 5.41 Å². The molecule has 1 saturated heterocycles. The largest absolute Gasteiger partial charge is 0.396 e. The first-order valence-corrected chi connectivity index (χ1v) is 6.63. The van der Waals surface area contributed by atoms with Gasteiger partial charge in [-0.05, 0) is 12.8 Å². The second-order valence-electron chi connectivity index (χ2n) is 5.54. The molecule has 0 bridgehead atoms. The van der Waals surface area contributed by atoms with E-state index in [-0.39, 0.29) is 12.0 Å². The molecule has 1 heterocycles. The van der Waals surface area contributed by atoms with Crippen molar-refractivity contribution in [3.8, 4) is 0 Å². The average molecular weight is 228 g/mol. The fraction of sp³-hybridized carbons (Fsp3) is 1.00. The van der Waals surface area contributed by atoms with Crippen LogP contribution in [0.15, 0.2) is 0 Å². The van der Waals surface area contributed by atoms with Gasteiger partial charge in [0.25, 0.3) is 0 Å². The van der Waals surface area contributed by atoms with Crippen molar-refractivity contribution in [1.29, 1.82) is 0 Å². The Bertz CT molecular complexity index is 213. The maximum absolute atomic E-state index is 10.7. The highest BCUT2D eigenvalue weighted by molar-refractivity contribution is 5.01. The maximum Gasteiger partial charge on any atom is 0.0979 e. The van der Waals surface area contributed by atoms with Crippen LogP contribution in [0.1, 0.15) is 51.4 Å². The smallest absolute Gasteiger partial charge is 0.0979 e. The molecule has 0 spiro atoms. The van der Waals surface area contributed by atoms with E-state index in [1.165, 1.54) is 19.3 Å². The van der Waals surface area contributed by atoms with E-state index in [9.17, 15) is 10.2 Å². The summed E-state index contributed by atoms with van der Waals surface area (Å²) in [7, 11) is 0. The van der Waals surface area contributed by atoms with Crippen LogP contribution in [0.25, 0.3) is 0 Å². The first kappa shape index (κ1) is 12.3. The van der Waals surface area contributed by atoms with Gasteiger partial charge < -0.3 is 14.9 Å². The van der Waals surface area contributed by atoms with Crippen molar-refractivity contribution in [2.45, 2.75) is 57.0 Å². The van der Waals surface area contributed by atoms with Crippen LogP contribution in [-0.4, -0.2) is 35.6 Å². The second kappa shape index (κ2) is 5.03. The molecule has 2 rings (SSSR count). The third kappa shape index (κ3) is 2.13. The van der Waals surface area contributed by atoms with Crippen molar-refractivity contribution in [1.82, 2.24) is 0 Å². The number of ether oxygens (including phenoxy) is 1. The molecule has 0 amide bonds. The van der Waals surface area contributed by atoms with Gasteiger partial charge in [-0.25, -0.2) is 0 Å². The molecule has 0 aromatic carbocycles. The van der Waals surface area contributed by atoms with Crippen LogP contribution in [-0.2, 0) is 4.74 Å². The summed E-state index contributed by atoms with van der Waals surface area (Å²) in [6, 6.07) is 0. The van der Waals surface area contributed by atoms with Crippen molar-refractivity contribution in [2.75, 3.05) is 19.8 Å². The predicted octanol–water partition coefficient (Wildman–Crippen LogP) is 1.86. The molecule has 0 radical (unpaired) electrons. The molecule has 2 N–H and O–H groups in total. The van der Waals surface area contributed by atoms with E-state index >= 15 is 0 Å². The van der Waals surface area contributed by atoms with Gasteiger partial charge in [0.15, 0.2) is 0 Å². The highest BCUT2D eigenvalue weighted by atomic mass is 16.5. The lowest BCUT2D eigenvalue weighted by atomic mass is 9.65. The minimum Gasteiger partial charge on any atom is -0.396 e. The van der Waals surface area contributed by atoms with Gasteiger partial charge in [0.05, 0.1) is 18.8 Å². The van der Waals surface area contributed by atoms with E-state index in [0.29, 0.717) is 19.6 Å². The molecule has 94 valence electrons. The van der Waals surface area contributed by atoms with Crippen molar-refractivity contribution in [3.63, 3.8) is 0 Å². The van der Waals surface area contributed by atoms with E-state index < -0.39 is 5.60 Å². The highest BCUT2D eigenvalue weighted by Crippen LogP contribution is 2.46. The molecule has 2 aliphatic rings. The zero-order chi connectivity index (χ0) is 11.5. The van der Waals surface area contributed by atoms with Gasteiger partial charge in [-0.1, -0.05) is 32.1 Å². The summed E-state index contributed by atoms with van der Waals surface area (Å²) in [5, 5.41) is 20.5. The van der Waals surface area contributed by atoms with Crippen molar-refractivity contribution >= 4 is 0 Å². The van der Waals surface area contributed by atoms with Crippen LogP contribution in [0.5, 0.6) is 0 Å². The van der Waals surface area contributed by atoms with Crippen LogP contribution in [0, 0.1) is 5.41 Å². The first-order valence-electron chi connectivity index (χ1n) is 6.63. The molecule has 16 heavy (non-hydrogen) atoms. The Kier molecular flexibility index (Phi) is 3.88. The summed E-state index contributed by atoms with van der Waals surface area (Å²) in [6.07, 6.45) is 8.61. The maximum atomic E-state index is 10.7. The Morgan fingerprint density at radius 2 is 1.56 bits per heavy atom. The van der Waals surface area contributed by atoms with Crippen LogP contribution < -0.4 is 0 Å². The SMILES string of the molecule is OCC1(C2(O)CCOC2)CCCCCCC1. The Labute approximate surface area is 97.8 Å². The van der Waals surface area contributed by atoms with Crippen LogP contribution in [0.3, 0.4) is 0 Å². The molecule has 3 nitrogen and oxygen atoms in total. The third-order valence-corrected chi connectivity index (χ3v) is 4.60. The minimum atomic E-state index is -0.779. The zero-order valence-corrected chi connectivity index (χ0v) is 10.1. The molecule has 0 aromatic rings. The monoisotopic (exact) mass is 228 g/mol. The normalized spacial score (nSPS) is 35.6. The number of hydrogen-bond donors (Lipinski definition) is 2. The number of hydrogen-bond acceptors (Lipinski definition) is 3. The highest BCUT2D eigenvalue weighted by Gasteiger charge is 2.51. The second-order valence-corrected chi connectivity index (χ2v) is 5.54. The lowest BCUT2D eigenvalue weighted by Gasteiger charge is -2.44. The molecule has 1 aliphatic carbocycles. The van der Waals surface area contributed by atoms with Crippen LogP contribution >= 0.6 is 0 Å². The molecular formula is C13H24O3. The molecule has 0 aromatic heterocycles. The molecule has 3 heteroatoms. The standard InChI is InChI=1S/C13H24O3/c14-10-12(13(15)8-9-16-11-13)6-4-2-1-3-5-7-12/h14-15H,1-11H2. The summed E-state index contributed by atoms with van der Waals surface area (Å²) >= 11 is 0. The lowest BCUT2D eigenvalue weighted by Crippen LogP contribution is -2.51. The molecule has 1 unspecified atom stereocenters. The van der Waals surface area contributed by atoms with Gasteiger partial charge in [0, 0.05) is 18.4 Å². The fourth-order valence-corrected chi connectivity index (χ4v) is 3.33. The Hall–Kier alpha value is -0.120. The van der Waals surface area contributed by atoms with Gasteiger partial charge in [0.1, 0.15) is 0 Å². The van der Waals surface area contributed by atoms with E-state index in [4.69, 9.17) is 4.74 Å². The van der Waals surface area contributed by atoms with Gasteiger partial charge in [-0.3, -0.25) is 0 Å². The molecular weight excluding hydrogens is 204 g/mol. The summed E-state index contributed by atoms with van der Waals surface area (Å²) in [5.74, 6) is 0. The summed E-state index contributed by atoms with van der Waals surface area (Å²) in [5.41, 5.74) is -1.08. The quantitative estimate of drug-likeness (QED) is 0.758. The van der Waals surface area contributed by atoms with E-state index in [0.717, 1.165) is 25.7 Å². The summed E-state index contributed by atoms with van der Waals surface area (Å²) in [6.45, 7) is 1.15. The van der Waals surface area contributed by atoms with Crippen molar-refractivity contribution in [3.05, 3.63) is 0 Å². The summed E-state index contributed by atoms with van der Waals surface area (Å²) < 4.78 is 5.35. The molecule has 1 saturated carbocycles. The Morgan fingerprint density at radius 1 is 0.938 bits per heavy atom. The minimum absolute atomic E-state index is 0.104. The third-order valence-electron chi connectivity index (χ3n) is 4.60. The van der Waals surface area contributed by atoms with Crippen LogP contribution in [0.2, 0.25) is 0 Å². The van der Waals surface area contributed by atoms with Crippen molar-refractivity contribution < 1.29 is 14.9 Å². The Morgan fingerprint density at radius 3 is 2.06 bits per heavy atom. The van der Waals surface area contributed by atoms with Gasteiger partial charge in [0.2, 0.25) is 0 Å². The van der Waals surface area contributed by atoms with Gasteiger partial charge in [-0.2, -0.15) is 0 Å². The van der Waals surface area contributed by atoms with Gasteiger partial charge in [-0.15, -0.1) is 0 Å². The predicted molar refractivity (Wildman–Crippen MR) is 62.2 cm³/mol. The first-order chi connectivity index (χ1) is 7.72. The fourth-order valence-electron chi connectivity index (χ4n) is 3.33. The lowest BCUT2D eigenvalue weighted by molar-refractivity contribution is -0.122. The topological polar surface area (TPSA) is 49.7 Å². The number of aliphatic hydroxyl groups is 2. The zero-order valence-electron chi connectivity index (χ0n) is 10.1. The number of rotatable bonds is 2. The van der Waals surface area contributed by atoms with E-state index in [1.54, 1.807) is 0 Å². The van der Waals surface area contributed by atoms with E-state index in [2.05, 4.69) is 0 Å². The molecule has 2 fully saturated rings. The molecule has 1 aliphatic heterocycles. The van der Waals surface area contributed by atoms with E-state index in [1.807, 2.05) is 0 Å². The van der Waals surface area contributed by atoms with Crippen LogP contribution in [0.4, 0.5) is 0 Å². The average Bonchev–Trinajstić information content (AvgIpc) is 2.67. The summed E-state index contributed by atoms with van der Waals surface area (Å²) in [4.78, 5) is 0. The Balaban J connectivity index is 2.14.